The Kier molecular flexibility index (Phi) is 12.6. The average Bonchev–Trinajstić information content (AvgIpc) is 3.08. The van der Waals surface area contributed by atoms with E-state index in [9.17, 15) is 28.1 Å². The van der Waals surface area contributed by atoms with Crippen molar-refractivity contribution in [3.8, 4) is 5.75 Å². The molecule has 0 aliphatic carbocycles. The quantitative estimate of drug-likeness (QED) is 0.110. The van der Waals surface area contributed by atoms with E-state index in [-0.39, 0.29) is 40.9 Å². The lowest BCUT2D eigenvalue weighted by Crippen LogP contribution is -2.53. The van der Waals surface area contributed by atoms with Crippen LogP contribution in [0.2, 0.25) is 5.02 Å². The lowest BCUT2D eigenvalue weighted by Gasteiger charge is -2.34. The van der Waals surface area contributed by atoms with Crippen LogP contribution in [0.1, 0.15) is 36.1 Å². The molecule has 4 rings (SSSR count). The molecule has 0 aliphatic heterocycles. The van der Waals surface area contributed by atoms with Gasteiger partial charge in [0.25, 0.3) is 15.7 Å². The molecule has 13 heteroatoms. The van der Waals surface area contributed by atoms with Gasteiger partial charge in [-0.1, -0.05) is 91.7 Å². The first-order valence-electron chi connectivity index (χ1n) is 16.0. The van der Waals surface area contributed by atoms with Gasteiger partial charge in [0.1, 0.15) is 18.3 Å². The Labute approximate surface area is 298 Å². The summed E-state index contributed by atoms with van der Waals surface area (Å²) in [4.78, 5) is 40.8. The number of hydrogen-bond donors (Lipinski definition) is 1. The van der Waals surface area contributed by atoms with Crippen LogP contribution in [-0.2, 0) is 32.6 Å². The van der Waals surface area contributed by atoms with Gasteiger partial charge in [0, 0.05) is 36.2 Å². The maximum atomic E-state index is 14.7. The van der Waals surface area contributed by atoms with E-state index in [0.29, 0.717) is 6.54 Å². The van der Waals surface area contributed by atoms with Crippen LogP contribution in [-0.4, -0.2) is 56.3 Å². The van der Waals surface area contributed by atoms with Crippen LogP contribution in [0.5, 0.6) is 5.75 Å². The molecule has 1 unspecified atom stereocenters. The molecule has 1 atom stereocenters. The number of hydrogen-bond acceptors (Lipinski definition) is 7. The minimum absolute atomic E-state index is 0.0116. The van der Waals surface area contributed by atoms with Gasteiger partial charge in [-0.3, -0.25) is 24.0 Å². The highest BCUT2D eigenvalue weighted by atomic mass is 35.5. The van der Waals surface area contributed by atoms with E-state index < -0.39 is 49.9 Å². The number of carbonyl (C=O) groups excluding carboxylic acids is 2. The number of anilines is 1. The number of nitro benzene ring substituents is 1. The molecule has 50 heavy (non-hydrogen) atoms. The van der Waals surface area contributed by atoms with Gasteiger partial charge in [0.15, 0.2) is 0 Å². The molecule has 264 valence electrons. The van der Waals surface area contributed by atoms with E-state index in [2.05, 4.69) is 5.32 Å². The number of carbonyl (C=O) groups is 2. The Bertz CT molecular complexity index is 1940. The summed E-state index contributed by atoms with van der Waals surface area (Å²) in [6, 6.07) is 23.5. The lowest BCUT2D eigenvalue weighted by atomic mass is 10.0. The summed E-state index contributed by atoms with van der Waals surface area (Å²) in [7, 11) is -3.33. The van der Waals surface area contributed by atoms with Crippen LogP contribution in [0.3, 0.4) is 0 Å². The van der Waals surface area contributed by atoms with Crippen molar-refractivity contribution in [2.45, 2.75) is 51.6 Å². The zero-order chi connectivity index (χ0) is 36.6. The molecule has 2 amide bonds. The number of nitrogens with one attached hydrogen (secondary N) is 1. The minimum Gasteiger partial charge on any atom is -0.495 e. The summed E-state index contributed by atoms with van der Waals surface area (Å²) >= 11 is 6.35. The topological polar surface area (TPSA) is 139 Å². The minimum atomic E-state index is -4.67. The largest absolute Gasteiger partial charge is 0.495 e. The van der Waals surface area contributed by atoms with Crippen LogP contribution in [0.15, 0.2) is 95.9 Å². The van der Waals surface area contributed by atoms with Gasteiger partial charge in [-0.15, -0.1) is 0 Å². The maximum absolute atomic E-state index is 14.7. The first-order chi connectivity index (χ1) is 23.7. The molecular weight excluding hydrogens is 680 g/mol. The number of rotatable bonds is 15. The van der Waals surface area contributed by atoms with Gasteiger partial charge in [-0.25, -0.2) is 8.42 Å². The molecule has 0 heterocycles. The summed E-state index contributed by atoms with van der Waals surface area (Å²) in [6.45, 7) is 6.91. The number of aryl methyl sites for hydroxylation is 2. The average molecular weight is 721 g/mol. The van der Waals surface area contributed by atoms with E-state index in [0.717, 1.165) is 27.1 Å². The third-order valence-corrected chi connectivity index (χ3v) is 10.1. The van der Waals surface area contributed by atoms with Gasteiger partial charge < -0.3 is 15.0 Å². The van der Waals surface area contributed by atoms with Crippen LogP contribution in [0.4, 0.5) is 11.4 Å². The first kappa shape index (κ1) is 37.9. The lowest BCUT2D eigenvalue weighted by molar-refractivity contribution is -0.385. The zero-order valence-electron chi connectivity index (χ0n) is 28.6. The Hall–Kier alpha value is -4.94. The maximum Gasteiger partial charge on any atom is 0.273 e. The van der Waals surface area contributed by atoms with E-state index >= 15 is 0 Å². The van der Waals surface area contributed by atoms with Crippen molar-refractivity contribution in [2.75, 3.05) is 24.5 Å². The van der Waals surface area contributed by atoms with Crippen LogP contribution < -0.4 is 14.4 Å². The fraction of sp³-hybridized carbons (Fsp3) is 0.297. The molecule has 1 N–H and O–H groups in total. The molecule has 0 saturated carbocycles. The van der Waals surface area contributed by atoms with Crippen molar-refractivity contribution in [2.24, 2.45) is 5.92 Å². The summed E-state index contributed by atoms with van der Waals surface area (Å²) in [5, 5.41) is 14.9. The second-order valence-electron chi connectivity index (χ2n) is 12.4. The molecule has 0 radical (unpaired) electrons. The first-order valence-corrected chi connectivity index (χ1v) is 17.8. The molecule has 0 aliphatic rings. The Balaban J connectivity index is 1.88. The monoisotopic (exact) mass is 720 g/mol. The number of sulfonamides is 1. The van der Waals surface area contributed by atoms with Crippen molar-refractivity contribution < 1.29 is 27.7 Å². The van der Waals surface area contributed by atoms with Crippen molar-refractivity contribution in [1.82, 2.24) is 10.2 Å². The molecule has 11 nitrogen and oxygen atoms in total. The SMILES string of the molecule is COc1ccc(Cl)cc1N(CC(=O)N(Cc1ccc(C)cc1)C(Cc1ccccc1)C(=O)NCC(C)C)S(=O)(=O)c1ccc(C)c([N+](=O)[O-])c1. The molecule has 0 spiro atoms. The normalized spacial score (nSPS) is 11.9. The number of nitrogens with zero attached hydrogens (tertiary/aromatic N) is 3. The van der Waals surface area contributed by atoms with Gasteiger partial charge in [-0.05, 0) is 55.2 Å². The molecule has 0 bridgehead atoms. The summed E-state index contributed by atoms with van der Waals surface area (Å²) in [5.41, 5.74) is 2.32. The number of ether oxygens (including phenoxy) is 1. The van der Waals surface area contributed by atoms with Crippen molar-refractivity contribution in [1.29, 1.82) is 0 Å². The van der Waals surface area contributed by atoms with E-state index in [1.54, 1.807) is 0 Å². The number of methoxy groups -OCH3 is 1. The smallest absolute Gasteiger partial charge is 0.273 e. The second kappa shape index (κ2) is 16.6. The van der Waals surface area contributed by atoms with Crippen LogP contribution in [0.25, 0.3) is 0 Å². The third kappa shape index (κ3) is 9.39. The summed E-state index contributed by atoms with van der Waals surface area (Å²) in [6.07, 6.45) is 0.153. The van der Waals surface area contributed by atoms with Crippen molar-refractivity contribution >= 4 is 44.8 Å². The zero-order valence-corrected chi connectivity index (χ0v) is 30.2. The van der Waals surface area contributed by atoms with Gasteiger partial charge in [0.05, 0.1) is 22.6 Å². The van der Waals surface area contributed by atoms with E-state index in [1.807, 2.05) is 75.4 Å². The predicted octanol–water partition coefficient (Wildman–Crippen LogP) is 6.48. The standard InChI is InChI=1S/C37H41ClN4O7S/c1-25(2)22-39-37(44)34(19-28-9-7-6-8-10-28)40(23-29-14-11-26(3)12-15-29)36(43)24-41(33-20-30(38)16-18-35(33)49-5)50(47,48)31-17-13-27(4)32(21-31)42(45)46/h6-18,20-21,25,34H,19,22-24H2,1-5H3,(H,39,44). The second-order valence-corrected chi connectivity index (χ2v) is 14.7. The molecule has 4 aromatic rings. The number of benzene rings is 4. The molecule has 0 aromatic heterocycles. The summed E-state index contributed by atoms with van der Waals surface area (Å²) in [5.74, 6) is -0.870. The van der Waals surface area contributed by atoms with Crippen molar-refractivity contribution in [3.05, 3.63) is 128 Å². The fourth-order valence-corrected chi connectivity index (χ4v) is 6.92. The fourth-order valence-electron chi connectivity index (χ4n) is 5.31. The number of amides is 2. The number of nitro groups is 1. The van der Waals surface area contributed by atoms with E-state index in [4.69, 9.17) is 16.3 Å². The molecule has 4 aromatic carbocycles. The van der Waals surface area contributed by atoms with Crippen molar-refractivity contribution in [3.63, 3.8) is 0 Å². The van der Waals surface area contributed by atoms with Gasteiger partial charge in [0.2, 0.25) is 11.8 Å². The van der Waals surface area contributed by atoms with E-state index in [1.165, 1.54) is 49.3 Å². The predicted molar refractivity (Wildman–Crippen MR) is 194 cm³/mol. The molecule has 0 fully saturated rings. The third-order valence-electron chi connectivity index (χ3n) is 8.08. The highest BCUT2D eigenvalue weighted by Crippen LogP contribution is 2.36. The Morgan fingerprint density at radius 2 is 1.62 bits per heavy atom. The van der Waals surface area contributed by atoms with Crippen LogP contribution >= 0.6 is 11.6 Å². The Morgan fingerprint density at radius 1 is 0.940 bits per heavy atom. The number of halogens is 1. The molecule has 0 saturated heterocycles. The highest BCUT2D eigenvalue weighted by Gasteiger charge is 2.36. The Morgan fingerprint density at radius 3 is 2.24 bits per heavy atom. The van der Waals surface area contributed by atoms with Gasteiger partial charge >= 0.3 is 0 Å². The molecular formula is C37H41ClN4O7S. The van der Waals surface area contributed by atoms with Gasteiger partial charge in [-0.2, -0.15) is 0 Å². The summed E-state index contributed by atoms with van der Waals surface area (Å²) < 4.78 is 35.3. The van der Waals surface area contributed by atoms with Crippen LogP contribution in [0, 0.1) is 29.9 Å². The highest BCUT2D eigenvalue weighted by molar-refractivity contribution is 7.92.